The van der Waals surface area contributed by atoms with E-state index in [-0.39, 0.29) is 5.78 Å². The van der Waals surface area contributed by atoms with E-state index in [1.807, 2.05) is 25.1 Å². The van der Waals surface area contributed by atoms with Crippen molar-refractivity contribution in [2.45, 2.75) is 6.92 Å². The van der Waals surface area contributed by atoms with E-state index in [1.54, 1.807) is 31.4 Å². The van der Waals surface area contributed by atoms with E-state index in [1.165, 1.54) is 6.26 Å². The molecule has 1 aromatic carbocycles. The summed E-state index contributed by atoms with van der Waals surface area (Å²) in [6, 6.07) is 9.18. The van der Waals surface area contributed by atoms with Crippen LogP contribution in [0.3, 0.4) is 0 Å². The maximum absolute atomic E-state index is 11.9. The van der Waals surface area contributed by atoms with Crippen molar-refractivity contribution in [3.63, 3.8) is 0 Å². The zero-order valence-electron chi connectivity index (χ0n) is 8.94. The minimum Gasteiger partial charge on any atom is -0.504 e. The first-order chi connectivity index (χ1) is 7.29. The van der Waals surface area contributed by atoms with E-state index >= 15 is 0 Å². The lowest BCUT2D eigenvalue weighted by molar-refractivity contribution is 0.103. The van der Waals surface area contributed by atoms with Gasteiger partial charge in [-0.05, 0) is 13.0 Å². The Balaban J connectivity index is 2.89. The van der Waals surface area contributed by atoms with Crippen molar-refractivity contribution in [1.29, 1.82) is 0 Å². The smallest absolute Gasteiger partial charge is 0.192 e. The monoisotopic (exact) mass is 202 g/mol. The summed E-state index contributed by atoms with van der Waals surface area (Å²) in [5, 5.41) is 0. The average molecular weight is 202 g/mol. The number of rotatable bonds is 4. The quantitative estimate of drug-likeness (QED) is 0.325. The number of hydrogen-bond acceptors (Lipinski definition) is 2. The van der Waals surface area contributed by atoms with Crippen LogP contribution in [-0.2, 0) is 4.74 Å². The molecule has 0 aliphatic heterocycles. The minimum absolute atomic E-state index is 0.00593. The van der Waals surface area contributed by atoms with Crippen LogP contribution in [0.15, 0.2) is 54.3 Å². The van der Waals surface area contributed by atoms with Gasteiger partial charge in [-0.1, -0.05) is 36.4 Å². The fraction of sp³-hybridized carbons (Fsp3) is 0.154. The summed E-state index contributed by atoms with van der Waals surface area (Å²) in [6.07, 6.45) is 4.93. The summed E-state index contributed by atoms with van der Waals surface area (Å²) in [5.74, 6) is 0.00593. The molecule has 2 nitrogen and oxygen atoms in total. The molecule has 0 atom stereocenters. The molecule has 0 unspecified atom stereocenters. The van der Waals surface area contributed by atoms with Crippen LogP contribution in [-0.4, -0.2) is 12.9 Å². The lowest BCUT2D eigenvalue weighted by Gasteiger charge is -2.00. The van der Waals surface area contributed by atoms with Gasteiger partial charge in [0.2, 0.25) is 0 Å². The van der Waals surface area contributed by atoms with E-state index in [4.69, 9.17) is 4.74 Å². The van der Waals surface area contributed by atoms with Crippen LogP contribution in [0.4, 0.5) is 0 Å². The van der Waals surface area contributed by atoms with Crippen LogP contribution in [0.1, 0.15) is 17.3 Å². The molecule has 0 amide bonds. The highest BCUT2D eigenvalue weighted by atomic mass is 16.5. The number of carbonyl (C=O) groups excluding carboxylic acids is 1. The maximum atomic E-state index is 11.9. The number of ketones is 1. The first-order valence-corrected chi connectivity index (χ1v) is 4.75. The van der Waals surface area contributed by atoms with Gasteiger partial charge in [0.1, 0.15) is 0 Å². The van der Waals surface area contributed by atoms with Crippen LogP contribution in [0.5, 0.6) is 0 Å². The molecule has 0 spiro atoms. The predicted molar refractivity (Wildman–Crippen MR) is 60.7 cm³/mol. The number of allylic oxidation sites excluding steroid dienone is 3. The standard InChI is InChI=1S/C13H14O2/c1-3-11(9-10-15-2)13(14)12-7-5-4-6-8-12/h3-10H,1-2H3/b10-9-,11-3+. The Morgan fingerprint density at radius 1 is 1.27 bits per heavy atom. The van der Waals surface area contributed by atoms with Gasteiger partial charge in [0.15, 0.2) is 5.78 Å². The van der Waals surface area contributed by atoms with Crippen molar-refractivity contribution < 1.29 is 9.53 Å². The Labute approximate surface area is 89.9 Å². The molecule has 0 N–H and O–H groups in total. The third-order valence-electron chi connectivity index (χ3n) is 1.99. The van der Waals surface area contributed by atoms with Gasteiger partial charge in [0.25, 0.3) is 0 Å². The van der Waals surface area contributed by atoms with Gasteiger partial charge in [-0.3, -0.25) is 4.79 Å². The molecule has 0 bridgehead atoms. The Bertz CT molecular complexity index is 375. The molecule has 0 saturated heterocycles. The first kappa shape index (κ1) is 11.2. The second kappa shape index (κ2) is 5.81. The van der Waals surface area contributed by atoms with Crippen molar-refractivity contribution in [3.05, 3.63) is 59.9 Å². The van der Waals surface area contributed by atoms with Gasteiger partial charge >= 0.3 is 0 Å². The van der Waals surface area contributed by atoms with Crippen molar-refractivity contribution in [1.82, 2.24) is 0 Å². The normalized spacial score (nSPS) is 11.7. The summed E-state index contributed by atoms with van der Waals surface area (Å²) in [7, 11) is 1.55. The van der Waals surface area contributed by atoms with Gasteiger partial charge in [-0.2, -0.15) is 0 Å². The summed E-state index contributed by atoms with van der Waals surface area (Å²) in [5.41, 5.74) is 1.31. The minimum atomic E-state index is 0.00593. The van der Waals surface area contributed by atoms with Crippen molar-refractivity contribution in [3.8, 4) is 0 Å². The fourth-order valence-corrected chi connectivity index (χ4v) is 1.20. The molecule has 2 heteroatoms. The molecule has 0 aliphatic rings. The second-order valence-electron chi connectivity index (χ2n) is 2.98. The Hall–Kier alpha value is -1.83. The summed E-state index contributed by atoms with van der Waals surface area (Å²) < 4.78 is 4.79. The zero-order valence-corrected chi connectivity index (χ0v) is 8.94. The molecule has 0 saturated carbocycles. The zero-order chi connectivity index (χ0) is 11.1. The van der Waals surface area contributed by atoms with E-state index in [0.717, 1.165) is 0 Å². The number of methoxy groups -OCH3 is 1. The third-order valence-corrected chi connectivity index (χ3v) is 1.99. The second-order valence-corrected chi connectivity index (χ2v) is 2.98. The largest absolute Gasteiger partial charge is 0.504 e. The molecule has 0 fully saturated rings. The molecule has 0 radical (unpaired) electrons. The molecule has 0 aromatic heterocycles. The number of Topliss-reactive ketones (excluding diaryl/α,β-unsaturated/α-hetero) is 1. The van der Waals surface area contributed by atoms with Gasteiger partial charge in [-0.25, -0.2) is 0 Å². The number of hydrogen-bond donors (Lipinski definition) is 0. The molecule has 1 aromatic rings. The fourth-order valence-electron chi connectivity index (χ4n) is 1.20. The van der Waals surface area contributed by atoms with Gasteiger partial charge < -0.3 is 4.74 Å². The molecular weight excluding hydrogens is 188 g/mol. The first-order valence-electron chi connectivity index (χ1n) is 4.75. The number of carbonyl (C=O) groups is 1. The van der Waals surface area contributed by atoms with Crippen LogP contribution in [0, 0.1) is 0 Å². The molecule has 1 rings (SSSR count). The maximum Gasteiger partial charge on any atom is 0.192 e. The third kappa shape index (κ3) is 3.09. The molecule has 0 heterocycles. The van der Waals surface area contributed by atoms with Crippen molar-refractivity contribution in [2.24, 2.45) is 0 Å². The Morgan fingerprint density at radius 2 is 1.93 bits per heavy atom. The molecule has 0 aliphatic carbocycles. The van der Waals surface area contributed by atoms with Gasteiger partial charge in [0.05, 0.1) is 13.4 Å². The topological polar surface area (TPSA) is 26.3 Å². The van der Waals surface area contributed by atoms with E-state index in [2.05, 4.69) is 0 Å². The molecule has 15 heavy (non-hydrogen) atoms. The van der Waals surface area contributed by atoms with E-state index in [0.29, 0.717) is 11.1 Å². The summed E-state index contributed by atoms with van der Waals surface area (Å²) in [6.45, 7) is 1.83. The van der Waals surface area contributed by atoms with Crippen molar-refractivity contribution in [2.75, 3.05) is 7.11 Å². The SMILES string of the molecule is C/C=C(\C=C/OC)C(=O)c1ccccc1. The number of ether oxygens (including phenoxy) is 1. The van der Waals surface area contributed by atoms with Crippen molar-refractivity contribution >= 4 is 5.78 Å². The van der Waals surface area contributed by atoms with Gasteiger partial charge in [0, 0.05) is 11.1 Å². The number of benzene rings is 1. The van der Waals surface area contributed by atoms with Gasteiger partial charge in [-0.15, -0.1) is 0 Å². The average Bonchev–Trinajstić information content (AvgIpc) is 2.31. The van der Waals surface area contributed by atoms with Crippen LogP contribution in [0.2, 0.25) is 0 Å². The van der Waals surface area contributed by atoms with Crippen LogP contribution < -0.4 is 0 Å². The molecule has 78 valence electrons. The van der Waals surface area contributed by atoms with Crippen LogP contribution >= 0.6 is 0 Å². The highest BCUT2D eigenvalue weighted by Gasteiger charge is 2.07. The Morgan fingerprint density at radius 3 is 2.47 bits per heavy atom. The van der Waals surface area contributed by atoms with E-state index in [9.17, 15) is 4.79 Å². The summed E-state index contributed by atoms with van der Waals surface area (Å²) >= 11 is 0. The Kier molecular flexibility index (Phi) is 4.35. The summed E-state index contributed by atoms with van der Waals surface area (Å²) in [4.78, 5) is 11.9. The van der Waals surface area contributed by atoms with E-state index < -0.39 is 0 Å². The predicted octanol–water partition coefficient (Wildman–Crippen LogP) is 2.98. The lowest BCUT2D eigenvalue weighted by Crippen LogP contribution is -2.00. The van der Waals surface area contributed by atoms with Crippen LogP contribution in [0.25, 0.3) is 0 Å². The highest BCUT2D eigenvalue weighted by Crippen LogP contribution is 2.09. The highest BCUT2D eigenvalue weighted by molar-refractivity contribution is 6.10. The lowest BCUT2D eigenvalue weighted by atomic mass is 10.0. The molecular formula is C13H14O2.